The summed E-state index contributed by atoms with van der Waals surface area (Å²) in [7, 11) is 1.91. The number of halogens is 1. The molecule has 1 heterocycles. The number of hydrogen-bond donors (Lipinski definition) is 0. The molecule has 0 aliphatic heterocycles. The van der Waals surface area contributed by atoms with Crippen LogP contribution in [0, 0.1) is 5.82 Å². The first kappa shape index (κ1) is 12.0. The lowest BCUT2D eigenvalue weighted by Gasteiger charge is -2.19. The number of carbonyl (C=O) groups is 1. The first-order chi connectivity index (χ1) is 9.15. The summed E-state index contributed by atoms with van der Waals surface area (Å²) in [5, 5.41) is 0. The van der Waals surface area contributed by atoms with Crippen LogP contribution in [0.5, 0.6) is 0 Å². The Hall–Kier alpha value is -2.04. The summed E-state index contributed by atoms with van der Waals surface area (Å²) >= 11 is 0. The molecule has 1 unspecified atom stereocenters. The van der Waals surface area contributed by atoms with Gasteiger partial charge in [0.25, 0.3) is 0 Å². The lowest BCUT2D eigenvalue weighted by Crippen LogP contribution is -2.20. The predicted molar refractivity (Wildman–Crippen MR) is 72.4 cm³/mol. The Labute approximate surface area is 111 Å². The number of benzene rings is 1. The standard InChI is InChI=1S/C14H12BFN2O/c15-11-5-4-9-7-17-14(18-12(9)13(11)19)8-2-1-3-10(16)6-8/h1-3,6-7,11H,4-5,15H2. The molecule has 1 aliphatic carbocycles. The van der Waals surface area contributed by atoms with E-state index in [1.165, 1.54) is 12.1 Å². The molecule has 94 valence electrons. The second-order valence-electron chi connectivity index (χ2n) is 4.88. The molecule has 0 saturated carbocycles. The van der Waals surface area contributed by atoms with Gasteiger partial charge >= 0.3 is 0 Å². The first-order valence-corrected chi connectivity index (χ1v) is 6.31. The predicted octanol–water partition coefficient (Wildman–Crippen LogP) is 1.83. The number of fused-ring (bicyclic) bond motifs is 1. The van der Waals surface area contributed by atoms with Gasteiger partial charge in [-0.15, -0.1) is 0 Å². The SMILES string of the molecule is BC1CCc2cnc(-c3cccc(F)c3)nc2C1=O. The average Bonchev–Trinajstić information content (AvgIpc) is 2.43. The van der Waals surface area contributed by atoms with Crippen LogP contribution in [0.4, 0.5) is 4.39 Å². The monoisotopic (exact) mass is 254 g/mol. The van der Waals surface area contributed by atoms with E-state index in [-0.39, 0.29) is 17.4 Å². The molecule has 0 spiro atoms. The minimum absolute atomic E-state index is 0.00256. The summed E-state index contributed by atoms with van der Waals surface area (Å²) in [4.78, 5) is 20.7. The van der Waals surface area contributed by atoms with Crippen LogP contribution in [0.1, 0.15) is 22.5 Å². The molecule has 1 aromatic carbocycles. The molecule has 1 atom stereocenters. The maximum absolute atomic E-state index is 13.2. The second kappa shape index (κ2) is 4.57. The van der Waals surface area contributed by atoms with Gasteiger partial charge in [-0.2, -0.15) is 0 Å². The van der Waals surface area contributed by atoms with Gasteiger partial charge in [0.1, 0.15) is 19.4 Å². The highest BCUT2D eigenvalue weighted by Gasteiger charge is 2.26. The molecule has 3 nitrogen and oxygen atoms in total. The minimum Gasteiger partial charge on any atom is -0.293 e. The van der Waals surface area contributed by atoms with E-state index in [9.17, 15) is 9.18 Å². The van der Waals surface area contributed by atoms with Crippen LogP contribution < -0.4 is 0 Å². The van der Waals surface area contributed by atoms with E-state index in [0.717, 1.165) is 18.4 Å². The summed E-state index contributed by atoms with van der Waals surface area (Å²) in [6, 6.07) is 6.09. The molecular formula is C14H12BFN2O. The highest BCUT2D eigenvalue weighted by molar-refractivity contribution is 6.28. The van der Waals surface area contributed by atoms with Crippen LogP contribution in [0.15, 0.2) is 30.5 Å². The van der Waals surface area contributed by atoms with E-state index in [1.807, 2.05) is 7.85 Å². The summed E-state index contributed by atoms with van der Waals surface area (Å²) in [6.07, 6.45) is 3.35. The van der Waals surface area contributed by atoms with Gasteiger partial charge in [0.2, 0.25) is 0 Å². The average molecular weight is 254 g/mol. The highest BCUT2D eigenvalue weighted by Crippen LogP contribution is 2.27. The molecule has 0 saturated heterocycles. The van der Waals surface area contributed by atoms with Gasteiger partial charge in [0, 0.05) is 11.8 Å². The van der Waals surface area contributed by atoms with Crippen molar-refractivity contribution < 1.29 is 9.18 Å². The van der Waals surface area contributed by atoms with Crippen LogP contribution in [-0.2, 0) is 6.42 Å². The Morgan fingerprint density at radius 3 is 3.00 bits per heavy atom. The van der Waals surface area contributed by atoms with Crippen molar-refractivity contribution >= 4 is 13.6 Å². The van der Waals surface area contributed by atoms with Gasteiger partial charge in [-0.25, -0.2) is 14.4 Å². The van der Waals surface area contributed by atoms with Crippen molar-refractivity contribution in [2.45, 2.75) is 18.7 Å². The number of aryl methyl sites for hydroxylation is 1. The van der Waals surface area contributed by atoms with Crippen molar-refractivity contribution in [3.05, 3.63) is 47.5 Å². The van der Waals surface area contributed by atoms with Crippen molar-refractivity contribution in [1.29, 1.82) is 0 Å². The van der Waals surface area contributed by atoms with Gasteiger partial charge in [0.15, 0.2) is 11.6 Å². The molecule has 3 rings (SSSR count). The molecule has 0 bridgehead atoms. The number of aromatic nitrogens is 2. The number of hydrogen-bond acceptors (Lipinski definition) is 3. The zero-order chi connectivity index (χ0) is 13.4. The van der Waals surface area contributed by atoms with Gasteiger partial charge in [-0.05, 0) is 36.4 Å². The fourth-order valence-electron chi connectivity index (χ4n) is 2.31. The third-order valence-electron chi connectivity index (χ3n) is 3.48. The fraction of sp³-hybridized carbons (Fsp3) is 0.214. The Balaban J connectivity index is 2.08. The Kier molecular flexibility index (Phi) is 2.89. The highest BCUT2D eigenvalue weighted by atomic mass is 19.1. The van der Waals surface area contributed by atoms with Crippen LogP contribution >= 0.6 is 0 Å². The Bertz CT molecular complexity index is 660. The van der Waals surface area contributed by atoms with Crippen LogP contribution in [0.25, 0.3) is 11.4 Å². The molecule has 0 amide bonds. The van der Waals surface area contributed by atoms with Gasteiger partial charge in [-0.1, -0.05) is 12.1 Å². The van der Waals surface area contributed by atoms with Crippen molar-refractivity contribution in [2.24, 2.45) is 0 Å². The number of rotatable bonds is 1. The normalized spacial score (nSPS) is 18.2. The van der Waals surface area contributed by atoms with Crippen molar-refractivity contribution in [1.82, 2.24) is 9.97 Å². The van der Waals surface area contributed by atoms with Gasteiger partial charge in [0.05, 0.1) is 0 Å². The van der Waals surface area contributed by atoms with E-state index in [0.29, 0.717) is 17.1 Å². The Morgan fingerprint density at radius 2 is 2.21 bits per heavy atom. The molecule has 2 aromatic rings. The van der Waals surface area contributed by atoms with E-state index in [4.69, 9.17) is 0 Å². The Morgan fingerprint density at radius 1 is 1.37 bits per heavy atom. The zero-order valence-corrected chi connectivity index (χ0v) is 10.6. The maximum atomic E-state index is 13.2. The molecule has 1 aromatic heterocycles. The first-order valence-electron chi connectivity index (χ1n) is 6.31. The number of ketones is 1. The van der Waals surface area contributed by atoms with Crippen molar-refractivity contribution in [2.75, 3.05) is 0 Å². The number of Topliss-reactive ketones (excluding diaryl/α,β-unsaturated/α-hetero) is 1. The maximum Gasteiger partial charge on any atom is 0.176 e. The van der Waals surface area contributed by atoms with Gasteiger partial charge in [-0.3, -0.25) is 4.79 Å². The summed E-state index contributed by atoms with van der Waals surface area (Å²) < 4.78 is 13.2. The van der Waals surface area contributed by atoms with Crippen LogP contribution in [-0.4, -0.2) is 23.6 Å². The quantitative estimate of drug-likeness (QED) is 0.729. The van der Waals surface area contributed by atoms with Gasteiger partial charge < -0.3 is 0 Å². The molecule has 19 heavy (non-hydrogen) atoms. The molecule has 1 aliphatic rings. The van der Waals surface area contributed by atoms with Crippen molar-refractivity contribution in [3.8, 4) is 11.4 Å². The van der Waals surface area contributed by atoms with E-state index in [2.05, 4.69) is 9.97 Å². The summed E-state index contributed by atoms with van der Waals surface area (Å²) in [5.74, 6) is 0.128. The third-order valence-corrected chi connectivity index (χ3v) is 3.48. The van der Waals surface area contributed by atoms with E-state index in [1.54, 1.807) is 18.3 Å². The fourth-order valence-corrected chi connectivity index (χ4v) is 2.31. The molecular weight excluding hydrogens is 242 g/mol. The lowest BCUT2D eigenvalue weighted by atomic mass is 9.74. The lowest BCUT2D eigenvalue weighted by molar-refractivity contribution is 0.0968. The number of nitrogens with zero attached hydrogens (tertiary/aromatic N) is 2. The van der Waals surface area contributed by atoms with Crippen LogP contribution in [0.3, 0.4) is 0 Å². The largest absolute Gasteiger partial charge is 0.293 e. The van der Waals surface area contributed by atoms with E-state index < -0.39 is 0 Å². The molecule has 0 radical (unpaired) electrons. The molecule has 5 heteroatoms. The molecule has 0 N–H and O–H groups in total. The third kappa shape index (κ3) is 2.16. The smallest absolute Gasteiger partial charge is 0.176 e. The van der Waals surface area contributed by atoms with Crippen LogP contribution in [0.2, 0.25) is 5.82 Å². The second-order valence-corrected chi connectivity index (χ2v) is 4.88. The van der Waals surface area contributed by atoms with E-state index >= 15 is 0 Å². The zero-order valence-electron chi connectivity index (χ0n) is 10.6. The topological polar surface area (TPSA) is 42.9 Å². The van der Waals surface area contributed by atoms with Crippen molar-refractivity contribution in [3.63, 3.8) is 0 Å². The molecule has 0 fully saturated rings. The summed E-state index contributed by atoms with van der Waals surface area (Å²) in [5.41, 5.74) is 1.98. The summed E-state index contributed by atoms with van der Waals surface area (Å²) in [6.45, 7) is 0. The number of carbonyl (C=O) groups excluding carboxylic acids is 1. The minimum atomic E-state index is -0.335.